The zero-order valence-electron chi connectivity index (χ0n) is 9.82. The van der Waals surface area contributed by atoms with Gasteiger partial charge < -0.3 is 4.74 Å². The van der Waals surface area contributed by atoms with Gasteiger partial charge in [-0.3, -0.25) is 4.99 Å². The molecule has 0 radical (unpaired) electrons. The number of nitrogens with zero attached hydrogens (tertiary/aromatic N) is 2. The van der Waals surface area contributed by atoms with Crippen molar-refractivity contribution in [3.05, 3.63) is 29.6 Å². The second kappa shape index (κ2) is 5.20. The molecular formula is C12H12F2N2O2. The van der Waals surface area contributed by atoms with Gasteiger partial charge in [-0.1, -0.05) is 0 Å². The van der Waals surface area contributed by atoms with Gasteiger partial charge in [0.25, 0.3) is 0 Å². The Morgan fingerprint density at radius 3 is 2.94 bits per heavy atom. The minimum Gasteiger partial charge on any atom is -0.464 e. The van der Waals surface area contributed by atoms with Gasteiger partial charge in [0, 0.05) is 5.71 Å². The van der Waals surface area contributed by atoms with Gasteiger partial charge in [-0.15, -0.1) is 0 Å². The number of aromatic nitrogens is 1. The Balaban J connectivity index is 2.20. The summed E-state index contributed by atoms with van der Waals surface area (Å²) in [6.07, 6.45) is 0.929. The van der Waals surface area contributed by atoms with Crippen LogP contribution in [-0.2, 0) is 9.53 Å². The van der Waals surface area contributed by atoms with Crippen molar-refractivity contribution in [2.45, 2.75) is 25.8 Å². The fraction of sp³-hybridized carbons (Fsp3) is 0.417. The number of carbonyl (C=O) groups excluding carboxylic acids is 1. The number of rotatable bonds is 3. The van der Waals surface area contributed by atoms with Crippen LogP contribution in [0.5, 0.6) is 0 Å². The lowest BCUT2D eigenvalue weighted by atomic mass is 10.1. The van der Waals surface area contributed by atoms with Crippen molar-refractivity contribution < 1.29 is 18.3 Å². The molecule has 96 valence electrons. The van der Waals surface area contributed by atoms with Crippen LogP contribution in [0.4, 0.5) is 8.78 Å². The summed E-state index contributed by atoms with van der Waals surface area (Å²) in [5, 5.41) is 0. The van der Waals surface area contributed by atoms with E-state index in [-0.39, 0.29) is 12.2 Å². The quantitative estimate of drug-likeness (QED) is 0.611. The van der Waals surface area contributed by atoms with E-state index in [1.54, 1.807) is 6.92 Å². The normalized spacial score (nSPS) is 18.6. The van der Waals surface area contributed by atoms with E-state index in [0.29, 0.717) is 18.6 Å². The van der Waals surface area contributed by atoms with Crippen LogP contribution in [-0.4, -0.2) is 29.3 Å². The van der Waals surface area contributed by atoms with Gasteiger partial charge in [-0.25, -0.2) is 4.79 Å². The zero-order valence-corrected chi connectivity index (χ0v) is 9.82. The molecule has 2 rings (SSSR count). The van der Waals surface area contributed by atoms with Gasteiger partial charge in [-0.05, 0) is 31.9 Å². The van der Waals surface area contributed by atoms with Crippen LogP contribution in [0.15, 0.2) is 17.1 Å². The molecule has 0 N–H and O–H groups in total. The molecule has 0 spiro atoms. The summed E-state index contributed by atoms with van der Waals surface area (Å²) >= 11 is 0. The van der Waals surface area contributed by atoms with Crippen LogP contribution in [0.25, 0.3) is 0 Å². The molecule has 1 atom stereocenters. The summed E-state index contributed by atoms with van der Waals surface area (Å²) in [6, 6.07) is 1.76. The smallest absolute Gasteiger partial charge is 0.330 e. The summed E-state index contributed by atoms with van der Waals surface area (Å²) < 4.78 is 30.9. The highest BCUT2D eigenvalue weighted by Crippen LogP contribution is 2.21. The Morgan fingerprint density at radius 1 is 1.50 bits per heavy atom. The maximum atomic E-state index is 13.4. The van der Waals surface area contributed by atoms with Crippen molar-refractivity contribution in [1.82, 2.24) is 4.98 Å². The van der Waals surface area contributed by atoms with Crippen LogP contribution in [0, 0.1) is 11.9 Å². The van der Waals surface area contributed by atoms with Crippen molar-refractivity contribution in [1.29, 1.82) is 0 Å². The lowest BCUT2D eigenvalue weighted by molar-refractivity contribution is -0.144. The summed E-state index contributed by atoms with van der Waals surface area (Å²) in [6.45, 7) is 1.99. The maximum absolute atomic E-state index is 13.4. The van der Waals surface area contributed by atoms with Crippen molar-refractivity contribution in [2.24, 2.45) is 4.99 Å². The van der Waals surface area contributed by atoms with Crippen LogP contribution in [0.1, 0.15) is 25.3 Å². The molecular weight excluding hydrogens is 242 g/mol. The van der Waals surface area contributed by atoms with Gasteiger partial charge in [0.1, 0.15) is 6.04 Å². The van der Waals surface area contributed by atoms with Crippen molar-refractivity contribution >= 4 is 11.7 Å². The number of esters is 1. The molecule has 0 bridgehead atoms. The molecule has 18 heavy (non-hydrogen) atoms. The minimum atomic E-state index is -0.904. The molecule has 6 heteroatoms. The fourth-order valence-corrected chi connectivity index (χ4v) is 1.83. The van der Waals surface area contributed by atoms with Gasteiger partial charge in [-0.2, -0.15) is 13.8 Å². The molecule has 2 heterocycles. The first-order valence-electron chi connectivity index (χ1n) is 5.67. The molecule has 1 aromatic rings. The van der Waals surface area contributed by atoms with E-state index >= 15 is 0 Å². The highest BCUT2D eigenvalue weighted by Gasteiger charge is 2.27. The average Bonchev–Trinajstić information content (AvgIpc) is 2.78. The zero-order chi connectivity index (χ0) is 13.1. The molecule has 0 aromatic carbocycles. The molecule has 1 aromatic heterocycles. The number of pyridine rings is 1. The van der Waals surface area contributed by atoms with Crippen LogP contribution in [0.3, 0.4) is 0 Å². The summed E-state index contributed by atoms with van der Waals surface area (Å²) in [5.41, 5.74) is 0.571. The van der Waals surface area contributed by atoms with E-state index in [1.165, 1.54) is 6.07 Å². The monoisotopic (exact) mass is 254 g/mol. The predicted octanol–water partition coefficient (Wildman–Crippen LogP) is 1.87. The third-order valence-electron chi connectivity index (χ3n) is 2.65. The molecule has 0 unspecified atom stereocenters. The van der Waals surface area contributed by atoms with Gasteiger partial charge in [0.05, 0.1) is 12.2 Å². The number of halogens is 2. The largest absolute Gasteiger partial charge is 0.464 e. The molecule has 0 aliphatic carbocycles. The van der Waals surface area contributed by atoms with E-state index in [0.717, 1.165) is 6.07 Å². The SMILES string of the molecule is CCOC(=O)[C@H]1CCC(c2ccc(F)nc2F)=N1. The minimum absolute atomic E-state index is 0.142. The average molecular weight is 254 g/mol. The molecule has 4 nitrogen and oxygen atoms in total. The van der Waals surface area contributed by atoms with E-state index < -0.39 is 23.9 Å². The Bertz CT molecular complexity index is 503. The number of hydrogen-bond acceptors (Lipinski definition) is 4. The number of aliphatic imine (C=N–C) groups is 1. The second-order valence-electron chi connectivity index (χ2n) is 3.85. The van der Waals surface area contributed by atoms with Crippen LogP contribution in [0.2, 0.25) is 0 Å². The predicted molar refractivity (Wildman–Crippen MR) is 60.3 cm³/mol. The van der Waals surface area contributed by atoms with Gasteiger partial charge in [0.15, 0.2) is 0 Å². The Morgan fingerprint density at radius 2 is 2.28 bits per heavy atom. The Hall–Kier alpha value is -1.85. The number of ether oxygens (including phenoxy) is 1. The van der Waals surface area contributed by atoms with Gasteiger partial charge in [0.2, 0.25) is 11.9 Å². The Labute approximate surface area is 103 Å². The first kappa shape index (κ1) is 12.6. The third kappa shape index (κ3) is 2.52. The summed E-state index contributed by atoms with van der Waals surface area (Å²) in [7, 11) is 0. The molecule has 0 fully saturated rings. The molecule has 1 aliphatic heterocycles. The Kier molecular flexibility index (Phi) is 3.64. The number of carbonyl (C=O) groups is 1. The van der Waals surface area contributed by atoms with Crippen LogP contribution < -0.4 is 0 Å². The second-order valence-corrected chi connectivity index (χ2v) is 3.85. The lowest BCUT2D eigenvalue weighted by Gasteiger charge is -2.04. The molecule has 0 saturated heterocycles. The highest BCUT2D eigenvalue weighted by atomic mass is 19.1. The van der Waals surface area contributed by atoms with Crippen molar-refractivity contribution in [2.75, 3.05) is 6.61 Å². The molecule has 0 saturated carbocycles. The van der Waals surface area contributed by atoms with Crippen molar-refractivity contribution in [3.63, 3.8) is 0 Å². The van der Waals surface area contributed by atoms with Crippen molar-refractivity contribution in [3.8, 4) is 0 Å². The van der Waals surface area contributed by atoms with Crippen LogP contribution >= 0.6 is 0 Å². The van der Waals surface area contributed by atoms with E-state index in [1.807, 2.05) is 0 Å². The van der Waals surface area contributed by atoms with E-state index in [2.05, 4.69) is 9.98 Å². The lowest BCUT2D eigenvalue weighted by Crippen LogP contribution is -2.18. The fourth-order valence-electron chi connectivity index (χ4n) is 1.83. The highest BCUT2D eigenvalue weighted by molar-refractivity contribution is 6.03. The number of hydrogen-bond donors (Lipinski definition) is 0. The first-order chi connectivity index (χ1) is 8.61. The molecule has 0 amide bonds. The van der Waals surface area contributed by atoms with E-state index in [4.69, 9.17) is 4.74 Å². The van der Waals surface area contributed by atoms with E-state index in [9.17, 15) is 13.6 Å². The third-order valence-corrected chi connectivity index (χ3v) is 2.65. The standard InChI is InChI=1S/C12H12F2N2O2/c1-2-18-12(17)9-5-4-8(15-9)7-3-6-10(13)16-11(7)14/h3,6,9H,2,4-5H2,1H3/t9-/m1/s1. The molecule has 1 aliphatic rings. The summed E-state index contributed by atoms with van der Waals surface area (Å²) in [5.74, 6) is -2.20. The maximum Gasteiger partial charge on any atom is 0.330 e. The summed E-state index contributed by atoms with van der Waals surface area (Å²) in [4.78, 5) is 18.7. The topological polar surface area (TPSA) is 51.5 Å². The first-order valence-corrected chi connectivity index (χ1v) is 5.67. The van der Waals surface area contributed by atoms with Gasteiger partial charge >= 0.3 is 5.97 Å².